The minimum absolute atomic E-state index is 0.119. The largest absolute Gasteiger partial charge is 0.466 e. The molecule has 2 atom stereocenters. The zero-order valence-electron chi connectivity index (χ0n) is 56.4. The van der Waals surface area contributed by atoms with E-state index in [1.807, 2.05) is 79.6 Å². The Bertz CT molecular complexity index is 3310. The van der Waals surface area contributed by atoms with E-state index in [-0.39, 0.29) is 11.9 Å². The van der Waals surface area contributed by atoms with Gasteiger partial charge in [-0.05, 0) is 130 Å². The maximum atomic E-state index is 12.8. The number of carbonyl (C=O) groups is 2. The molecule has 0 N–H and O–H groups in total. The maximum absolute atomic E-state index is 12.8. The van der Waals surface area contributed by atoms with Crippen LogP contribution in [0.3, 0.4) is 0 Å². The number of esters is 2. The lowest BCUT2D eigenvalue weighted by Gasteiger charge is -2.31. The summed E-state index contributed by atoms with van der Waals surface area (Å²) in [4.78, 5) is 44.7. The molecule has 8 rings (SSSR count). The Morgan fingerprint density at radius 2 is 0.955 bits per heavy atom. The lowest BCUT2D eigenvalue weighted by molar-refractivity contribution is -0.155. The molecule has 0 saturated carbocycles. The Morgan fingerprint density at radius 3 is 1.34 bits per heavy atom. The molecule has 22 heteroatoms. The summed E-state index contributed by atoms with van der Waals surface area (Å²) >= 11 is 2.29. The Labute approximate surface area is 548 Å². The predicted octanol–water partition coefficient (Wildman–Crippen LogP) is 15.9. The first kappa shape index (κ1) is 71.5. The lowest BCUT2D eigenvalue weighted by atomic mass is 9.76. The SMILES string of the molecule is CCOC(=O)C1(C)CC=C(c2cc(N(COCC[Si](C)(C)C)COCC[Si](C)(C)C)n3ncc(-c4ccc(-c5ccccc5)nc4)c3n2)CC1.CCOC(=O)C1(C)CC=C(c2cc(N(COCC[Si](C)(C)C)COCC[Si](C)(C)C)n3ncc(I)c3n2)CC1. The number of halogens is 1. The molecule has 17 nitrogen and oxygen atoms in total. The number of hydrogen-bond donors (Lipinski definition) is 0. The number of hydrogen-bond acceptors (Lipinski definition) is 15. The fourth-order valence-electron chi connectivity index (χ4n) is 10.1. The molecular weight excluding hydrogens is 1300 g/mol. The number of benzene rings is 1. The molecule has 0 bridgehead atoms. The summed E-state index contributed by atoms with van der Waals surface area (Å²) in [5, 5.41) is 9.55. The lowest BCUT2D eigenvalue weighted by Crippen LogP contribution is -2.33. The van der Waals surface area contributed by atoms with Gasteiger partial charge in [0.1, 0.15) is 38.6 Å². The molecule has 2 unspecified atom stereocenters. The van der Waals surface area contributed by atoms with Gasteiger partial charge in [0.2, 0.25) is 0 Å². The second-order valence-electron chi connectivity index (χ2n) is 29.2. The van der Waals surface area contributed by atoms with E-state index in [0.29, 0.717) is 79.0 Å². The summed E-state index contributed by atoms with van der Waals surface area (Å²) in [6, 6.07) is 22.9. The van der Waals surface area contributed by atoms with Crippen molar-refractivity contribution < 1.29 is 38.0 Å². The van der Waals surface area contributed by atoms with Gasteiger partial charge in [-0.2, -0.15) is 19.2 Å². The van der Waals surface area contributed by atoms with E-state index in [1.165, 1.54) is 0 Å². The fraction of sp³-hybridized carbons (Fsp3) is 0.567. The molecule has 0 fully saturated rings. The van der Waals surface area contributed by atoms with Crippen LogP contribution in [0.2, 0.25) is 103 Å². The fourth-order valence-corrected chi connectivity index (χ4v) is 13.6. The summed E-state index contributed by atoms with van der Waals surface area (Å²) in [5.74, 6) is 1.50. The third-order valence-electron chi connectivity index (χ3n) is 16.3. The highest BCUT2D eigenvalue weighted by Gasteiger charge is 2.38. The molecule has 5 heterocycles. The van der Waals surface area contributed by atoms with Crippen LogP contribution in [-0.4, -0.2) is 145 Å². The number of ether oxygens (including phenoxy) is 6. The highest BCUT2D eigenvalue weighted by Crippen LogP contribution is 2.42. The summed E-state index contributed by atoms with van der Waals surface area (Å²) < 4.78 is 40.6. The van der Waals surface area contributed by atoms with Crippen LogP contribution >= 0.6 is 22.6 Å². The number of aromatic nitrogens is 7. The van der Waals surface area contributed by atoms with Crippen molar-refractivity contribution in [3.8, 4) is 22.4 Å². The number of anilines is 2. The molecule has 0 spiro atoms. The number of carbonyl (C=O) groups excluding carboxylic acids is 2. The Balaban J connectivity index is 0.000000262. The number of rotatable bonds is 30. The highest BCUT2D eigenvalue weighted by molar-refractivity contribution is 14.1. The van der Waals surface area contributed by atoms with Crippen LogP contribution in [0.15, 0.2) is 85.3 Å². The van der Waals surface area contributed by atoms with Crippen LogP contribution in [0.4, 0.5) is 11.6 Å². The van der Waals surface area contributed by atoms with Crippen molar-refractivity contribution in [2.24, 2.45) is 10.8 Å². The Morgan fingerprint density at radius 1 is 0.539 bits per heavy atom. The van der Waals surface area contributed by atoms with Crippen molar-refractivity contribution >= 4 is 101 Å². The van der Waals surface area contributed by atoms with Crippen LogP contribution in [0.1, 0.15) is 77.6 Å². The van der Waals surface area contributed by atoms with E-state index >= 15 is 0 Å². The minimum Gasteiger partial charge on any atom is -0.466 e. The molecule has 5 aromatic heterocycles. The Kier molecular flexibility index (Phi) is 25.4. The van der Waals surface area contributed by atoms with Crippen LogP contribution in [0.5, 0.6) is 0 Å². The Hall–Kier alpha value is -4.93. The number of pyridine rings is 1. The van der Waals surface area contributed by atoms with E-state index in [4.69, 9.17) is 48.5 Å². The molecule has 0 saturated heterocycles. The number of allylic oxidation sites excluding steroid dienone is 4. The number of nitrogens with zero attached hydrogens (tertiary/aromatic N) is 9. The van der Waals surface area contributed by atoms with Crippen LogP contribution < -0.4 is 9.80 Å². The summed E-state index contributed by atoms with van der Waals surface area (Å²) in [7, 11) is -4.92. The summed E-state index contributed by atoms with van der Waals surface area (Å²) in [6.07, 6.45) is 14.1. The third-order valence-corrected chi connectivity index (χ3v) is 23.9. The van der Waals surface area contributed by atoms with Gasteiger partial charge in [0.15, 0.2) is 11.3 Å². The molecule has 0 aliphatic heterocycles. The van der Waals surface area contributed by atoms with Gasteiger partial charge in [-0.25, -0.2) is 9.97 Å². The van der Waals surface area contributed by atoms with Gasteiger partial charge < -0.3 is 38.2 Å². The second kappa shape index (κ2) is 31.6. The van der Waals surface area contributed by atoms with Gasteiger partial charge in [0.25, 0.3) is 0 Å². The van der Waals surface area contributed by atoms with Gasteiger partial charge in [0.05, 0.1) is 57.1 Å². The molecule has 0 radical (unpaired) electrons. The van der Waals surface area contributed by atoms with E-state index in [9.17, 15) is 9.59 Å². The molecular formula is C67H102IN9O8Si4. The normalized spacial score (nSPS) is 17.4. The van der Waals surface area contributed by atoms with Crippen molar-refractivity contribution in [2.75, 3.05) is 76.4 Å². The zero-order valence-corrected chi connectivity index (χ0v) is 62.6. The standard InChI is InChI=1S/C39H55N5O4Si2.C28H47IN4O4Si2/c1-9-48-38(45)39(2)19-17-31(18-20-39)35-25-36(43(28-46-21-23-49(3,4)5)29-47-22-24-50(6,7)8)44-37(42-35)33(27-41-44)32-15-16-34(40-26-32)30-13-11-10-12-14-30;1-9-37-27(34)28(2)12-10-22(11-13-28)24-18-25(33-26(31-24)23(29)19-30-33)32(20-35-14-16-38(3,4)5)21-36-15-17-39(6,7)8/h10-17,25-27H,9,18-24,28-29H2,1-8H3;10,18-19H,9,11-17,20-21H2,1-8H3. The number of fused-ring (bicyclic) bond motifs is 2. The van der Waals surface area contributed by atoms with Crippen LogP contribution in [-0.2, 0) is 38.0 Å². The third kappa shape index (κ3) is 21.0. The summed E-state index contributed by atoms with van der Waals surface area (Å²) in [5.41, 5.74) is 8.37. The molecule has 0 amide bonds. The zero-order chi connectivity index (χ0) is 64.8. The molecule has 89 heavy (non-hydrogen) atoms. The first-order chi connectivity index (χ1) is 42.0. The van der Waals surface area contributed by atoms with Crippen molar-refractivity contribution in [3.05, 3.63) is 100 Å². The van der Waals surface area contributed by atoms with E-state index in [0.717, 1.165) is 122 Å². The molecule has 1 aromatic carbocycles. The average Bonchev–Trinajstić information content (AvgIpc) is 2.32. The first-order valence-electron chi connectivity index (χ1n) is 32.0. The van der Waals surface area contributed by atoms with E-state index < -0.39 is 43.1 Å². The van der Waals surface area contributed by atoms with Gasteiger partial charge >= 0.3 is 11.9 Å². The van der Waals surface area contributed by atoms with Crippen LogP contribution in [0, 0.1) is 14.4 Å². The summed E-state index contributed by atoms with van der Waals surface area (Å²) in [6.45, 7) is 41.3. The van der Waals surface area contributed by atoms with Crippen LogP contribution in [0.25, 0.3) is 44.8 Å². The topological polar surface area (TPSA) is 169 Å². The van der Waals surface area contributed by atoms with Gasteiger partial charge in [-0.15, -0.1) is 0 Å². The molecule has 6 aromatic rings. The molecule has 2 aliphatic rings. The smallest absolute Gasteiger partial charge is 0.312 e. The molecule has 2 aliphatic carbocycles. The van der Waals surface area contributed by atoms with Crippen molar-refractivity contribution in [2.45, 2.75) is 169 Å². The maximum Gasteiger partial charge on any atom is 0.312 e. The quantitative estimate of drug-likeness (QED) is 0.0137. The van der Waals surface area contributed by atoms with Gasteiger partial charge in [-0.1, -0.05) is 127 Å². The van der Waals surface area contributed by atoms with E-state index in [2.05, 4.69) is 159 Å². The van der Waals surface area contributed by atoms with Crippen molar-refractivity contribution in [3.63, 3.8) is 0 Å². The predicted molar refractivity (Wildman–Crippen MR) is 381 cm³/mol. The van der Waals surface area contributed by atoms with E-state index in [1.54, 1.807) is 0 Å². The van der Waals surface area contributed by atoms with Crippen molar-refractivity contribution in [1.82, 2.24) is 34.2 Å². The van der Waals surface area contributed by atoms with Crippen molar-refractivity contribution in [1.29, 1.82) is 0 Å². The minimum atomic E-state index is -1.27. The average molecular weight is 1400 g/mol. The highest BCUT2D eigenvalue weighted by atomic mass is 127. The van der Waals surface area contributed by atoms with Gasteiger partial charge in [-0.3, -0.25) is 14.6 Å². The second-order valence-corrected chi connectivity index (χ2v) is 52.9. The molecule has 486 valence electrons. The monoisotopic (exact) mass is 1400 g/mol. The van der Waals surface area contributed by atoms with Gasteiger partial charge in [0, 0.05) is 93.7 Å². The first-order valence-corrected chi connectivity index (χ1v) is 47.9.